The molecule has 0 fully saturated rings. The van der Waals surface area contributed by atoms with E-state index in [4.69, 9.17) is 33.5 Å². The Morgan fingerprint density at radius 2 is 2.00 bits per heavy atom. The van der Waals surface area contributed by atoms with Gasteiger partial charge in [-0.1, -0.05) is 28.4 Å². The number of sulfone groups is 1. The van der Waals surface area contributed by atoms with Gasteiger partial charge in [-0.15, -0.1) is 0 Å². The number of nitrogens with zero attached hydrogens (tertiary/aromatic N) is 2. The number of aromatic nitrogens is 2. The molecule has 0 spiro atoms. The first-order chi connectivity index (χ1) is 9.20. The Kier molecular flexibility index (Phi) is 3.95. The minimum atomic E-state index is -3.32. The topological polar surface area (TPSA) is 99.1 Å². The molecule has 1 atom stereocenters. The number of nitrogens with two attached hydrogens (primary N) is 1. The van der Waals surface area contributed by atoms with E-state index in [9.17, 15) is 8.42 Å². The largest absolute Gasteiger partial charge is 0.397 e. The Morgan fingerprint density at radius 3 is 2.60 bits per heavy atom. The predicted octanol–water partition coefficient (Wildman–Crippen LogP) is 2.73. The summed E-state index contributed by atoms with van der Waals surface area (Å²) in [5, 5.41) is 3.38. The van der Waals surface area contributed by atoms with Gasteiger partial charge in [0.15, 0.2) is 15.7 Å². The fourth-order valence-electron chi connectivity index (χ4n) is 1.46. The van der Waals surface area contributed by atoms with Crippen molar-refractivity contribution < 1.29 is 12.9 Å². The SMILES string of the molecule is CC(c1noc(-c2cc(Cl)cc(Cl)c2N)n1)S(C)(=O)=O. The molecule has 0 saturated carbocycles. The summed E-state index contributed by atoms with van der Waals surface area (Å²) in [7, 11) is -3.32. The van der Waals surface area contributed by atoms with Crippen LogP contribution in [0, 0.1) is 0 Å². The standard InChI is InChI=1S/C11H11Cl2N3O3S/c1-5(20(2,17)18)10-15-11(19-16-10)7-3-6(12)4-8(13)9(7)14/h3-5H,14H2,1-2H3. The molecule has 2 rings (SSSR count). The summed E-state index contributed by atoms with van der Waals surface area (Å²) in [6, 6.07) is 3.00. The number of benzene rings is 1. The fraction of sp³-hybridized carbons (Fsp3) is 0.273. The van der Waals surface area contributed by atoms with Crippen LogP contribution < -0.4 is 5.73 Å². The lowest BCUT2D eigenvalue weighted by molar-refractivity contribution is 0.422. The average molecular weight is 336 g/mol. The maximum Gasteiger partial charge on any atom is 0.260 e. The van der Waals surface area contributed by atoms with Gasteiger partial charge in [0, 0.05) is 11.3 Å². The number of hydrogen-bond donors (Lipinski definition) is 1. The van der Waals surface area contributed by atoms with E-state index in [1.807, 2.05) is 0 Å². The third kappa shape index (κ3) is 2.89. The van der Waals surface area contributed by atoms with Crippen molar-refractivity contribution in [2.45, 2.75) is 12.2 Å². The lowest BCUT2D eigenvalue weighted by Crippen LogP contribution is -2.09. The minimum Gasteiger partial charge on any atom is -0.397 e. The molecule has 108 valence electrons. The molecule has 6 nitrogen and oxygen atoms in total. The molecule has 9 heteroatoms. The summed E-state index contributed by atoms with van der Waals surface area (Å²) in [5.74, 6) is 0.121. The highest BCUT2D eigenvalue weighted by atomic mass is 35.5. The van der Waals surface area contributed by atoms with Crippen LogP contribution in [-0.2, 0) is 9.84 Å². The van der Waals surface area contributed by atoms with E-state index in [2.05, 4.69) is 10.1 Å². The van der Waals surface area contributed by atoms with Crippen LogP contribution in [0.2, 0.25) is 10.0 Å². The first-order valence-corrected chi connectivity index (χ1v) is 8.18. The quantitative estimate of drug-likeness (QED) is 0.865. The van der Waals surface area contributed by atoms with Gasteiger partial charge in [-0.05, 0) is 19.1 Å². The van der Waals surface area contributed by atoms with Crippen LogP contribution in [0.3, 0.4) is 0 Å². The van der Waals surface area contributed by atoms with Crippen molar-refractivity contribution in [2.24, 2.45) is 0 Å². The van der Waals surface area contributed by atoms with E-state index in [1.54, 1.807) is 0 Å². The Balaban J connectivity index is 2.49. The van der Waals surface area contributed by atoms with E-state index < -0.39 is 15.1 Å². The number of anilines is 1. The van der Waals surface area contributed by atoms with Gasteiger partial charge in [-0.3, -0.25) is 0 Å². The molecule has 0 amide bonds. The van der Waals surface area contributed by atoms with Crippen LogP contribution in [0.15, 0.2) is 16.7 Å². The van der Waals surface area contributed by atoms with Gasteiger partial charge in [0.2, 0.25) is 0 Å². The molecule has 20 heavy (non-hydrogen) atoms. The first kappa shape index (κ1) is 15.1. The first-order valence-electron chi connectivity index (χ1n) is 5.47. The molecule has 1 unspecified atom stereocenters. The highest BCUT2D eigenvalue weighted by molar-refractivity contribution is 7.90. The Bertz CT molecular complexity index is 758. The van der Waals surface area contributed by atoms with Crippen molar-refractivity contribution in [3.05, 3.63) is 28.0 Å². The second-order valence-corrected chi connectivity index (χ2v) is 7.49. The zero-order chi connectivity index (χ0) is 15.1. The van der Waals surface area contributed by atoms with Gasteiger partial charge in [-0.2, -0.15) is 4.98 Å². The van der Waals surface area contributed by atoms with Gasteiger partial charge < -0.3 is 10.3 Å². The van der Waals surface area contributed by atoms with Crippen molar-refractivity contribution >= 4 is 38.7 Å². The molecule has 2 aromatic rings. The van der Waals surface area contributed by atoms with Gasteiger partial charge in [0.05, 0.1) is 16.3 Å². The zero-order valence-corrected chi connectivity index (χ0v) is 12.9. The van der Waals surface area contributed by atoms with Crippen LogP contribution in [0.5, 0.6) is 0 Å². The van der Waals surface area contributed by atoms with Gasteiger partial charge in [0.1, 0.15) is 5.25 Å². The molecule has 0 aliphatic carbocycles. The van der Waals surface area contributed by atoms with Crippen LogP contribution >= 0.6 is 23.2 Å². The fourth-order valence-corrected chi connectivity index (χ4v) is 2.43. The Morgan fingerprint density at radius 1 is 1.35 bits per heavy atom. The number of hydrogen-bond acceptors (Lipinski definition) is 6. The summed E-state index contributed by atoms with van der Waals surface area (Å²) in [6.45, 7) is 1.47. The van der Waals surface area contributed by atoms with Gasteiger partial charge >= 0.3 is 0 Å². The molecule has 0 bridgehead atoms. The zero-order valence-electron chi connectivity index (χ0n) is 10.6. The molecule has 0 aliphatic rings. The highest BCUT2D eigenvalue weighted by Crippen LogP contribution is 2.34. The molecule has 1 aromatic carbocycles. The van der Waals surface area contributed by atoms with E-state index >= 15 is 0 Å². The smallest absolute Gasteiger partial charge is 0.260 e. The second-order valence-electron chi connectivity index (χ2n) is 4.28. The summed E-state index contributed by atoms with van der Waals surface area (Å²) in [4.78, 5) is 4.04. The molecule has 1 heterocycles. The normalized spacial score (nSPS) is 13.4. The van der Waals surface area contributed by atoms with Crippen LogP contribution in [0.4, 0.5) is 5.69 Å². The van der Waals surface area contributed by atoms with Crippen molar-refractivity contribution in [1.29, 1.82) is 0 Å². The third-order valence-corrected chi connectivity index (χ3v) is 4.80. The number of rotatable bonds is 3. The van der Waals surface area contributed by atoms with Crippen molar-refractivity contribution in [3.63, 3.8) is 0 Å². The number of halogens is 2. The second kappa shape index (κ2) is 5.23. The lowest BCUT2D eigenvalue weighted by atomic mass is 10.2. The highest BCUT2D eigenvalue weighted by Gasteiger charge is 2.24. The Hall–Kier alpha value is -1.31. The maximum absolute atomic E-state index is 11.5. The summed E-state index contributed by atoms with van der Waals surface area (Å²) >= 11 is 11.8. The molecule has 0 saturated heterocycles. The van der Waals surface area contributed by atoms with E-state index in [-0.39, 0.29) is 22.4 Å². The third-order valence-electron chi connectivity index (χ3n) is 2.77. The summed E-state index contributed by atoms with van der Waals surface area (Å²) in [5.41, 5.74) is 6.42. The summed E-state index contributed by atoms with van der Waals surface area (Å²) < 4.78 is 28.0. The average Bonchev–Trinajstić information content (AvgIpc) is 2.80. The van der Waals surface area contributed by atoms with Gasteiger partial charge in [-0.25, -0.2) is 8.42 Å². The van der Waals surface area contributed by atoms with Crippen molar-refractivity contribution in [1.82, 2.24) is 10.1 Å². The molecule has 2 N–H and O–H groups in total. The van der Waals surface area contributed by atoms with E-state index in [0.29, 0.717) is 10.6 Å². The molecular weight excluding hydrogens is 325 g/mol. The van der Waals surface area contributed by atoms with Crippen LogP contribution in [0.25, 0.3) is 11.5 Å². The van der Waals surface area contributed by atoms with Crippen LogP contribution in [-0.4, -0.2) is 24.8 Å². The molecule has 0 radical (unpaired) electrons. The predicted molar refractivity (Wildman–Crippen MR) is 77.4 cm³/mol. The molecular formula is C11H11Cl2N3O3S. The molecule has 0 aliphatic heterocycles. The lowest BCUT2D eigenvalue weighted by Gasteiger charge is -2.04. The van der Waals surface area contributed by atoms with Crippen molar-refractivity contribution in [3.8, 4) is 11.5 Å². The van der Waals surface area contributed by atoms with Gasteiger partial charge in [0.25, 0.3) is 5.89 Å². The number of nitrogen functional groups attached to an aromatic ring is 1. The monoisotopic (exact) mass is 335 g/mol. The molecule has 1 aromatic heterocycles. The summed E-state index contributed by atoms with van der Waals surface area (Å²) in [6.07, 6.45) is 1.10. The van der Waals surface area contributed by atoms with E-state index in [1.165, 1.54) is 19.1 Å². The van der Waals surface area contributed by atoms with E-state index in [0.717, 1.165) is 6.26 Å². The minimum absolute atomic E-state index is 0.0537. The maximum atomic E-state index is 11.5. The van der Waals surface area contributed by atoms with Crippen LogP contribution in [0.1, 0.15) is 18.0 Å². The Labute approximate surface area is 125 Å². The van der Waals surface area contributed by atoms with Crippen molar-refractivity contribution in [2.75, 3.05) is 12.0 Å².